The number of rotatable bonds is 7. The molecule has 0 aliphatic heterocycles. The summed E-state index contributed by atoms with van der Waals surface area (Å²) in [6, 6.07) is 0.691. The van der Waals surface area contributed by atoms with Gasteiger partial charge in [-0.2, -0.15) is 0 Å². The second kappa shape index (κ2) is 7.63. The van der Waals surface area contributed by atoms with Gasteiger partial charge >= 0.3 is 0 Å². The molecule has 0 aromatic rings. The van der Waals surface area contributed by atoms with Crippen LogP contribution in [0.2, 0.25) is 0 Å². The lowest BCUT2D eigenvalue weighted by Crippen LogP contribution is -2.43. The number of amides is 1. The van der Waals surface area contributed by atoms with Crippen LogP contribution in [0.25, 0.3) is 0 Å². The second-order valence-electron chi connectivity index (χ2n) is 4.49. The zero-order valence-electron chi connectivity index (χ0n) is 10.4. The lowest BCUT2D eigenvalue weighted by atomic mass is 10.2. The lowest BCUT2D eigenvalue weighted by Gasteiger charge is -2.17. The highest BCUT2D eigenvalue weighted by Crippen LogP contribution is 2.17. The minimum atomic E-state index is 0.112. The van der Waals surface area contributed by atoms with Crippen molar-refractivity contribution >= 4 is 5.91 Å². The first-order valence-corrected chi connectivity index (χ1v) is 6.28. The van der Waals surface area contributed by atoms with Crippen LogP contribution >= 0.6 is 0 Å². The van der Waals surface area contributed by atoms with Gasteiger partial charge in [0.05, 0.1) is 13.2 Å². The highest BCUT2D eigenvalue weighted by atomic mass is 16.5. The maximum Gasteiger partial charge on any atom is 0.234 e. The van der Waals surface area contributed by atoms with Crippen LogP contribution in [-0.4, -0.2) is 38.3 Å². The summed E-state index contributed by atoms with van der Waals surface area (Å²) in [5.41, 5.74) is 0. The summed E-state index contributed by atoms with van der Waals surface area (Å²) in [6.45, 7) is 3.15. The van der Waals surface area contributed by atoms with Gasteiger partial charge in [-0.05, 0) is 19.3 Å². The third-order valence-corrected chi connectivity index (χ3v) is 3.13. The molecule has 4 heteroatoms. The molecule has 1 unspecified atom stereocenters. The highest BCUT2D eigenvalue weighted by Gasteiger charge is 2.17. The first-order valence-electron chi connectivity index (χ1n) is 6.28. The van der Waals surface area contributed by atoms with E-state index in [1.54, 1.807) is 7.11 Å². The number of hydrogen-bond acceptors (Lipinski definition) is 3. The molecule has 94 valence electrons. The zero-order valence-corrected chi connectivity index (χ0v) is 10.4. The van der Waals surface area contributed by atoms with Gasteiger partial charge in [0.25, 0.3) is 0 Å². The Bertz CT molecular complexity index is 203. The Morgan fingerprint density at radius 3 is 2.69 bits per heavy atom. The van der Waals surface area contributed by atoms with E-state index in [1.165, 1.54) is 12.8 Å². The monoisotopic (exact) mass is 228 g/mol. The molecule has 16 heavy (non-hydrogen) atoms. The summed E-state index contributed by atoms with van der Waals surface area (Å²) >= 11 is 0. The minimum absolute atomic E-state index is 0.112. The molecule has 0 aromatic heterocycles. The van der Waals surface area contributed by atoms with Crippen LogP contribution in [-0.2, 0) is 9.53 Å². The van der Waals surface area contributed by atoms with Crippen LogP contribution in [0, 0.1) is 0 Å². The Hall–Kier alpha value is -0.610. The van der Waals surface area contributed by atoms with E-state index >= 15 is 0 Å². The van der Waals surface area contributed by atoms with Gasteiger partial charge in [0.2, 0.25) is 5.91 Å². The van der Waals surface area contributed by atoms with Crippen molar-refractivity contribution in [1.82, 2.24) is 10.6 Å². The van der Waals surface area contributed by atoms with Crippen LogP contribution in [0.3, 0.4) is 0 Å². The molecular formula is C12H24N2O2. The number of ether oxygens (including phenoxy) is 1. The normalized spacial score (nSPS) is 18.6. The molecule has 1 atom stereocenters. The van der Waals surface area contributed by atoms with Gasteiger partial charge in [-0.25, -0.2) is 0 Å². The van der Waals surface area contributed by atoms with E-state index in [0.29, 0.717) is 19.2 Å². The van der Waals surface area contributed by atoms with E-state index in [2.05, 4.69) is 17.6 Å². The average Bonchev–Trinajstić information content (AvgIpc) is 2.76. The van der Waals surface area contributed by atoms with Crippen molar-refractivity contribution in [2.45, 2.75) is 51.1 Å². The van der Waals surface area contributed by atoms with E-state index in [9.17, 15) is 4.79 Å². The van der Waals surface area contributed by atoms with Crippen molar-refractivity contribution in [1.29, 1.82) is 0 Å². The van der Waals surface area contributed by atoms with E-state index in [0.717, 1.165) is 19.3 Å². The molecule has 1 saturated carbocycles. The fraction of sp³-hybridized carbons (Fsp3) is 0.917. The van der Waals surface area contributed by atoms with Gasteiger partial charge in [0.1, 0.15) is 0 Å². The minimum Gasteiger partial charge on any atom is -0.383 e. The number of nitrogens with one attached hydrogen (secondary N) is 2. The number of carbonyl (C=O) groups excluding carboxylic acids is 1. The van der Waals surface area contributed by atoms with Gasteiger partial charge in [0, 0.05) is 19.2 Å². The molecule has 1 amide bonds. The Morgan fingerprint density at radius 1 is 1.44 bits per heavy atom. The summed E-state index contributed by atoms with van der Waals surface area (Å²) in [5, 5.41) is 6.27. The first-order chi connectivity index (χ1) is 7.76. The van der Waals surface area contributed by atoms with Gasteiger partial charge in [-0.3, -0.25) is 4.79 Å². The molecule has 0 spiro atoms. The van der Waals surface area contributed by atoms with E-state index in [-0.39, 0.29) is 11.9 Å². The number of hydrogen-bond donors (Lipinski definition) is 2. The van der Waals surface area contributed by atoms with Crippen LogP contribution in [0.4, 0.5) is 0 Å². The standard InChI is InChI=1S/C12H24N2O2/c1-3-10(9-16-2)13-8-12(15)14-11-6-4-5-7-11/h10-11,13H,3-9H2,1-2H3,(H,14,15). The maximum absolute atomic E-state index is 11.6. The van der Waals surface area contributed by atoms with Crippen molar-refractivity contribution in [3.05, 3.63) is 0 Å². The summed E-state index contributed by atoms with van der Waals surface area (Å²) in [7, 11) is 1.68. The molecule has 1 rings (SSSR count). The Kier molecular flexibility index (Phi) is 6.42. The molecule has 0 radical (unpaired) electrons. The van der Waals surface area contributed by atoms with E-state index in [1.807, 2.05) is 0 Å². The maximum atomic E-state index is 11.6. The van der Waals surface area contributed by atoms with Crippen LogP contribution in [0.5, 0.6) is 0 Å². The lowest BCUT2D eigenvalue weighted by molar-refractivity contribution is -0.121. The molecule has 0 saturated heterocycles. The molecule has 1 aliphatic rings. The van der Waals surface area contributed by atoms with Gasteiger partial charge < -0.3 is 15.4 Å². The SMILES string of the molecule is CCC(COC)NCC(=O)NC1CCCC1. The molecule has 0 aromatic carbocycles. The van der Waals surface area contributed by atoms with Crippen LogP contribution in [0.1, 0.15) is 39.0 Å². The molecule has 1 aliphatic carbocycles. The van der Waals surface area contributed by atoms with Crippen molar-refractivity contribution in [3.8, 4) is 0 Å². The largest absolute Gasteiger partial charge is 0.383 e. The number of methoxy groups -OCH3 is 1. The fourth-order valence-corrected chi connectivity index (χ4v) is 2.11. The van der Waals surface area contributed by atoms with E-state index < -0.39 is 0 Å². The van der Waals surface area contributed by atoms with Gasteiger partial charge in [-0.15, -0.1) is 0 Å². The first kappa shape index (κ1) is 13.5. The second-order valence-corrected chi connectivity index (χ2v) is 4.49. The predicted molar refractivity (Wildman–Crippen MR) is 64.4 cm³/mol. The van der Waals surface area contributed by atoms with Crippen molar-refractivity contribution in [3.63, 3.8) is 0 Å². The molecular weight excluding hydrogens is 204 g/mol. The topological polar surface area (TPSA) is 50.4 Å². The molecule has 1 fully saturated rings. The molecule has 2 N–H and O–H groups in total. The third-order valence-electron chi connectivity index (χ3n) is 3.13. The zero-order chi connectivity index (χ0) is 11.8. The predicted octanol–water partition coefficient (Wildman–Crippen LogP) is 1.06. The Morgan fingerprint density at radius 2 is 2.12 bits per heavy atom. The van der Waals surface area contributed by atoms with Gasteiger partial charge in [0.15, 0.2) is 0 Å². The third kappa shape index (κ3) is 4.94. The Labute approximate surface area is 98.1 Å². The van der Waals surface area contributed by atoms with Crippen molar-refractivity contribution in [2.75, 3.05) is 20.3 Å². The summed E-state index contributed by atoms with van der Waals surface area (Å²) in [5.74, 6) is 0.112. The van der Waals surface area contributed by atoms with Gasteiger partial charge in [-0.1, -0.05) is 19.8 Å². The molecule has 4 nitrogen and oxygen atoms in total. The number of carbonyl (C=O) groups is 1. The van der Waals surface area contributed by atoms with Crippen molar-refractivity contribution in [2.24, 2.45) is 0 Å². The van der Waals surface area contributed by atoms with Crippen molar-refractivity contribution < 1.29 is 9.53 Å². The molecule has 0 bridgehead atoms. The van der Waals surface area contributed by atoms with Crippen LogP contribution in [0.15, 0.2) is 0 Å². The summed E-state index contributed by atoms with van der Waals surface area (Å²) < 4.78 is 5.07. The highest BCUT2D eigenvalue weighted by molar-refractivity contribution is 5.78. The van der Waals surface area contributed by atoms with E-state index in [4.69, 9.17) is 4.74 Å². The smallest absolute Gasteiger partial charge is 0.234 e. The fourth-order valence-electron chi connectivity index (χ4n) is 2.11. The summed E-state index contributed by atoms with van der Waals surface area (Å²) in [6.07, 6.45) is 5.76. The van der Waals surface area contributed by atoms with Crippen LogP contribution < -0.4 is 10.6 Å². The molecule has 0 heterocycles. The summed E-state index contributed by atoms with van der Waals surface area (Å²) in [4.78, 5) is 11.6. The Balaban J connectivity index is 2.12. The average molecular weight is 228 g/mol. The quantitative estimate of drug-likeness (QED) is 0.685.